The summed E-state index contributed by atoms with van der Waals surface area (Å²) < 4.78 is 15.0. The van der Waals surface area contributed by atoms with Gasteiger partial charge in [0, 0.05) is 12.9 Å². The van der Waals surface area contributed by atoms with Crippen molar-refractivity contribution < 1.29 is 14.0 Å². The van der Waals surface area contributed by atoms with Crippen LogP contribution in [-0.4, -0.2) is 17.8 Å². The molecule has 0 radical (unpaired) electrons. The molecule has 0 aliphatic carbocycles. The first-order chi connectivity index (χ1) is 4.12. The molecule has 3 nitrogen and oxygen atoms in total. The van der Waals surface area contributed by atoms with Crippen molar-refractivity contribution in [2.75, 3.05) is 12.9 Å². The van der Waals surface area contributed by atoms with Crippen molar-refractivity contribution in [3.8, 4) is 0 Å². The van der Waals surface area contributed by atoms with E-state index in [4.69, 9.17) is 4.89 Å². The highest BCUT2D eigenvalue weighted by Gasteiger charge is 2.15. The van der Waals surface area contributed by atoms with E-state index in [0.29, 0.717) is 5.75 Å². The van der Waals surface area contributed by atoms with E-state index in [1.54, 1.807) is 0 Å². The fourth-order valence-corrected chi connectivity index (χ4v) is 2.33. The normalized spacial score (nSPS) is 17.2. The lowest BCUT2D eigenvalue weighted by atomic mass is 10.6. The number of rotatable bonds is 4. The Hall–Kier alpha value is 0.500. The quantitative estimate of drug-likeness (QED) is 0.654. The third kappa shape index (κ3) is 4.97. The molecule has 1 unspecified atom stereocenters. The zero-order valence-electron chi connectivity index (χ0n) is 5.53. The Balaban J connectivity index is 3.46. The highest BCUT2D eigenvalue weighted by atomic mass is 32.7. The zero-order valence-corrected chi connectivity index (χ0v) is 7.24. The zero-order chi connectivity index (χ0) is 7.33. The predicted octanol–water partition coefficient (Wildman–Crippen LogP) is 1.88. The molecule has 1 atom stereocenters. The van der Waals surface area contributed by atoms with Crippen molar-refractivity contribution in [1.29, 1.82) is 0 Å². The summed E-state index contributed by atoms with van der Waals surface area (Å²) in [6.07, 6.45) is 0.887. The van der Waals surface area contributed by atoms with Gasteiger partial charge in [0.1, 0.15) is 0 Å². The molecule has 0 heterocycles. The van der Waals surface area contributed by atoms with Gasteiger partial charge in [-0.2, -0.15) is 0 Å². The molecule has 0 saturated carbocycles. The first-order valence-corrected chi connectivity index (χ1v) is 5.82. The first-order valence-electron chi connectivity index (χ1n) is 2.65. The van der Waals surface area contributed by atoms with Crippen molar-refractivity contribution in [2.24, 2.45) is 0 Å². The van der Waals surface area contributed by atoms with Crippen LogP contribution in [0.5, 0.6) is 0 Å². The molecule has 0 aromatic rings. The Kier molecular flexibility index (Phi) is 4.58. The maximum atomic E-state index is 10.6. The van der Waals surface area contributed by atoms with Crippen molar-refractivity contribution in [3.05, 3.63) is 0 Å². The molecule has 0 aromatic carbocycles. The predicted molar refractivity (Wildman–Crippen MR) is 39.6 cm³/mol. The lowest BCUT2D eigenvalue weighted by Crippen LogP contribution is -1.79. The molecule has 0 aromatic heterocycles. The summed E-state index contributed by atoms with van der Waals surface area (Å²) in [6.45, 7) is -1.33. The first kappa shape index (κ1) is 9.50. The van der Waals surface area contributed by atoms with Gasteiger partial charge in [0.15, 0.2) is 0 Å². The molecule has 0 aliphatic heterocycles. The standard InChI is InChI=1S/C4H11O3PS/c1-3-4-9-8(5,6)7-2/h3-4H2,1-2H3,(H,5,6). The third-order valence-corrected chi connectivity index (χ3v) is 4.04. The van der Waals surface area contributed by atoms with Crippen molar-refractivity contribution in [3.63, 3.8) is 0 Å². The van der Waals surface area contributed by atoms with E-state index in [-0.39, 0.29) is 0 Å². The van der Waals surface area contributed by atoms with Gasteiger partial charge in [0.05, 0.1) is 0 Å². The highest BCUT2D eigenvalue weighted by Crippen LogP contribution is 2.54. The second-order valence-corrected chi connectivity index (χ2v) is 5.61. The lowest BCUT2D eigenvalue weighted by Gasteiger charge is -2.04. The van der Waals surface area contributed by atoms with Crippen LogP contribution in [0.2, 0.25) is 0 Å². The van der Waals surface area contributed by atoms with Crippen LogP contribution in [0.15, 0.2) is 0 Å². The summed E-state index contributed by atoms with van der Waals surface area (Å²) in [5.74, 6) is 0.668. The summed E-state index contributed by atoms with van der Waals surface area (Å²) >= 11 is 0.968. The van der Waals surface area contributed by atoms with Crippen LogP contribution >= 0.6 is 18.2 Å². The molecule has 0 aliphatic rings. The van der Waals surface area contributed by atoms with Gasteiger partial charge in [-0.25, -0.2) is 4.57 Å². The van der Waals surface area contributed by atoms with Gasteiger partial charge in [0.25, 0.3) is 0 Å². The minimum absolute atomic E-state index is 0.668. The van der Waals surface area contributed by atoms with E-state index < -0.39 is 6.80 Å². The van der Waals surface area contributed by atoms with E-state index in [1.807, 2.05) is 6.92 Å². The SMILES string of the molecule is CCCSP(=O)(O)OC. The maximum Gasteiger partial charge on any atom is 0.386 e. The Labute approximate surface area is 59.1 Å². The Morgan fingerprint density at radius 1 is 1.78 bits per heavy atom. The average molecular weight is 170 g/mol. The Bertz CT molecular complexity index is 116. The topological polar surface area (TPSA) is 46.5 Å². The fraction of sp³-hybridized carbons (Fsp3) is 1.00. The van der Waals surface area contributed by atoms with Crippen LogP contribution in [0.4, 0.5) is 0 Å². The smallest absolute Gasteiger partial charge is 0.316 e. The monoisotopic (exact) mass is 170 g/mol. The minimum Gasteiger partial charge on any atom is -0.316 e. The van der Waals surface area contributed by atoms with Crippen LogP contribution in [-0.2, 0) is 9.09 Å². The van der Waals surface area contributed by atoms with E-state index in [0.717, 1.165) is 17.8 Å². The highest BCUT2D eigenvalue weighted by molar-refractivity contribution is 8.54. The fourth-order valence-electron chi connectivity index (χ4n) is 0.259. The molecule has 0 spiro atoms. The summed E-state index contributed by atoms with van der Waals surface area (Å²) in [6, 6.07) is 0. The summed E-state index contributed by atoms with van der Waals surface area (Å²) in [5, 5.41) is 0. The van der Waals surface area contributed by atoms with Gasteiger partial charge < -0.3 is 9.42 Å². The van der Waals surface area contributed by atoms with Gasteiger partial charge in [0.2, 0.25) is 0 Å². The van der Waals surface area contributed by atoms with Gasteiger partial charge >= 0.3 is 6.80 Å². The number of hydrogen-bond acceptors (Lipinski definition) is 3. The summed E-state index contributed by atoms with van der Waals surface area (Å²) in [4.78, 5) is 8.75. The van der Waals surface area contributed by atoms with Gasteiger partial charge in [-0.15, -0.1) is 0 Å². The molecular formula is C4H11O3PS. The molecule has 0 saturated heterocycles. The molecule has 1 N–H and O–H groups in total. The summed E-state index contributed by atoms with van der Waals surface area (Å²) in [7, 11) is 1.24. The Morgan fingerprint density at radius 3 is 2.67 bits per heavy atom. The van der Waals surface area contributed by atoms with Crippen LogP contribution in [0.25, 0.3) is 0 Å². The van der Waals surface area contributed by atoms with Crippen LogP contribution in [0, 0.1) is 0 Å². The minimum atomic E-state index is -3.27. The molecule has 9 heavy (non-hydrogen) atoms. The summed E-state index contributed by atoms with van der Waals surface area (Å²) in [5.41, 5.74) is 0. The van der Waals surface area contributed by atoms with E-state index in [2.05, 4.69) is 4.52 Å². The van der Waals surface area contributed by atoms with Crippen molar-refractivity contribution in [2.45, 2.75) is 13.3 Å². The van der Waals surface area contributed by atoms with Crippen molar-refractivity contribution in [1.82, 2.24) is 0 Å². The molecule has 0 rings (SSSR count). The van der Waals surface area contributed by atoms with Crippen LogP contribution < -0.4 is 0 Å². The van der Waals surface area contributed by atoms with E-state index >= 15 is 0 Å². The second kappa shape index (κ2) is 4.34. The maximum absolute atomic E-state index is 10.6. The van der Waals surface area contributed by atoms with Gasteiger partial charge in [-0.3, -0.25) is 0 Å². The Morgan fingerprint density at radius 2 is 2.33 bits per heavy atom. The second-order valence-electron chi connectivity index (χ2n) is 1.48. The van der Waals surface area contributed by atoms with E-state index in [1.165, 1.54) is 7.11 Å². The average Bonchev–Trinajstić information content (AvgIpc) is 1.84. The lowest BCUT2D eigenvalue weighted by molar-refractivity contribution is 0.336. The van der Waals surface area contributed by atoms with Gasteiger partial charge in [-0.05, 0) is 17.8 Å². The molecular weight excluding hydrogens is 159 g/mol. The molecule has 5 heteroatoms. The van der Waals surface area contributed by atoms with Crippen LogP contribution in [0.3, 0.4) is 0 Å². The largest absolute Gasteiger partial charge is 0.386 e. The molecule has 0 bridgehead atoms. The third-order valence-electron chi connectivity index (χ3n) is 0.689. The van der Waals surface area contributed by atoms with E-state index in [9.17, 15) is 4.57 Å². The molecule has 56 valence electrons. The number of hydrogen-bond donors (Lipinski definition) is 1. The van der Waals surface area contributed by atoms with Gasteiger partial charge in [-0.1, -0.05) is 6.92 Å². The molecule has 0 fully saturated rings. The van der Waals surface area contributed by atoms with Crippen molar-refractivity contribution >= 4 is 18.2 Å². The molecule has 0 amide bonds. The van der Waals surface area contributed by atoms with Crippen LogP contribution in [0.1, 0.15) is 13.3 Å².